The van der Waals surface area contributed by atoms with Crippen LogP contribution in [0.1, 0.15) is 25.0 Å². The Hall–Kier alpha value is -5.05. The van der Waals surface area contributed by atoms with Gasteiger partial charge in [0.15, 0.2) is 0 Å². The minimum Gasteiger partial charge on any atom is -0.302 e. The van der Waals surface area contributed by atoms with Gasteiger partial charge in [-0.25, -0.2) is 4.98 Å². The summed E-state index contributed by atoms with van der Waals surface area (Å²) in [5.74, 6) is 0.875. The fourth-order valence-electron chi connectivity index (χ4n) is 8.40. The zero-order valence-electron chi connectivity index (χ0n) is 26.2. The maximum absolute atomic E-state index is 5.20. The predicted octanol–water partition coefficient (Wildman–Crippen LogP) is 10.1. The fraction of sp³-hybridized carbons (Fsp3) is 0.159. The molecule has 0 amide bonds. The first-order valence-electron chi connectivity index (χ1n) is 16.5. The lowest BCUT2D eigenvalue weighted by Gasteiger charge is -2.36. The van der Waals surface area contributed by atoms with E-state index in [2.05, 4.69) is 171 Å². The van der Waals surface area contributed by atoms with Crippen LogP contribution in [0.15, 0.2) is 157 Å². The SMILES string of the molecule is CC1(C)c2cc(-c3cccc(-c4cc(-c5ccccc5)cc(-c5ccccc5)n4)c3)ccc2C2=CC=C3C4C=CC=CC4NC3C21. The third-order valence-corrected chi connectivity index (χ3v) is 10.7. The smallest absolute Gasteiger partial charge is 0.0715 e. The number of hydrogen-bond acceptors (Lipinski definition) is 2. The Morgan fingerprint density at radius 1 is 0.587 bits per heavy atom. The lowest BCUT2D eigenvalue weighted by Crippen LogP contribution is -2.42. The minimum absolute atomic E-state index is 0.00302. The molecule has 2 nitrogen and oxygen atoms in total. The maximum Gasteiger partial charge on any atom is 0.0715 e. The van der Waals surface area contributed by atoms with Gasteiger partial charge in [-0.3, -0.25) is 0 Å². The van der Waals surface area contributed by atoms with Crippen LogP contribution < -0.4 is 5.32 Å². The van der Waals surface area contributed by atoms with E-state index in [4.69, 9.17) is 4.98 Å². The molecule has 0 bridgehead atoms. The fourth-order valence-corrected chi connectivity index (χ4v) is 8.40. The van der Waals surface area contributed by atoms with Crippen molar-refractivity contribution in [3.8, 4) is 44.8 Å². The van der Waals surface area contributed by atoms with Gasteiger partial charge in [-0.05, 0) is 74.2 Å². The van der Waals surface area contributed by atoms with Gasteiger partial charge in [0.25, 0.3) is 0 Å². The first-order chi connectivity index (χ1) is 22.5. The van der Waals surface area contributed by atoms with E-state index < -0.39 is 0 Å². The number of fused-ring (bicyclic) bond motifs is 7. The van der Waals surface area contributed by atoms with Crippen molar-refractivity contribution in [3.63, 3.8) is 0 Å². The molecule has 1 N–H and O–H groups in total. The highest BCUT2D eigenvalue weighted by atomic mass is 15.0. The zero-order valence-corrected chi connectivity index (χ0v) is 26.2. The molecule has 2 heteroatoms. The summed E-state index contributed by atoms with van der Waals surface area (Å²) < 4.78 is 0. The number of nitrogens with zero attached hydrogens (tertiary/aromatic N) is 1. The van der Waals surface area contributed by atoms with Gasteiger partial charge in [0.2, 0.25) is 0 Å². The number of pyridine rings is 1. The number of benzene rings is 4. The van der Waals surface area contributed by atoms with E-state index in [1.807, 2.05) is 0 Å². The molecule has 4 atom stereocenters. The molecule has 3 aliphatic carbocycles. The molecular formula is C44H36N2. The van der Waals surface area contributed by atoms with Crippen LogP contribution in [0.2, 0.25) is 0 Å². The van der Waals surface area contributed by atoms with Crippen molar-refractivity contribution in [2.75, 3.05) is 0 Å². The predicted molar refractivity (Wildman–Crippen MR) is 191 cm³/mol. The molecule has 5 aromatic rings. The molecule has 1 aromatic heterocycles. The second-order valence-corrected chi connectivity index (χ2v) is 13.7. The van der Waals surface area contributed by atoms with Gasteiger partial charge in [-0.1, -0.05) is 141 Å². The van der Waals surface area contributed by atoms with E-state index >= 15 is 0 Å². The Morgan fingerprint density at radius 3 is 2.07 bits per heavy atom. The highest BCUT2D eigenvalue weighted by Crippen LogP contribution is 2.56. The average molecular weight is 593 g/mol. The van der Waals surface area contributed by atoms with E-state index in [0.717, 1.165) is 22.5 Å². The first kappa shape index (κ1) is 27.3. The lowest BCUT2D eigenvalue weighted by atomic mass is 9.69. The third kappa shape index (κ3) is 4.32. The Labute approximate surface area is 271 Å². The van der Waals surface area contributed by atoms with Gasteiger partial charge in [0.05, 0.1) is 11.4 Å². The van der Waals surface area contributed by atoms with E-state index in [9.17, 15) is 0 Å². The van der Waals surface area contributed by atoms with E-state index in [1.165, 1.54) is 44.5 Å². The summed E-state index contributed by atoms with van der Waals surface area (Å²) in [5.41, 5.74) is 14.9. The van der Waals surface area contributed by atoms with Crippen LogP contribution >= 0.6 is 0 Å². The van der Waals surface area contributed by atoms with Gasteiger partial charge in [0.1, 0.15) is 0 Å². The van der Waals surface area contributed by atoms with Crippen LogP contribution in [-0.2, 0) is 5.41 Å². The van der Waals surface area contributed by atoms with E-state index in [0.29, 0.717) is 23.9 Å². The van der Waals surface area contributed by atoms with Crippen LogP contribution in [0, 0.1) is 11.8 Å². The molecule has 4 aromatic carbocycles. The Morgan fingerprint density at radius 2 is 1.26 bits per heavy atom. The number of aromatic nitrogens is 1. The van der Waals surface area contributed by atoms with Crippen molar-refractivity contribution < 1.29 is 0 Å². The molecule has 2 heterocycles. The molecule has 4 aliphatic rings. The second kappa shape index (κ2) is 10.5. The monoisotopic (exact) mass is 592 g/mol. The summed E-state index contributed by atoms with van der Waals surface area (Å²) in [6, 6.07) is 42.3. The van der Waals surface area contributed by atoms with Gasteiger partial charge >= 0.3 is 0 Å². The van der Waals surface area contributed by atoms with Crippen molar-refractivity contribution in [1.82, 2.24) is 10.3 Å². The van der Waals surface area contributed by atoms with Crippen molar-refractivity contribution in [2.45, 2.75) is 31.3 Å². The summed E-state index contributed by atoms with van der Waals surface area (Å²) in [7, 11) is 0. The first-order valence-corrected chi connectivity index (χ1v) is 16.5. The standard InChI is InChI=1S/C44H36N2/c1-44(2)38-25-31(20-21-34(38)36-22-23-37-35-18-9-10-19-39(35)46-43(37)42(36)44)30-16-11-17-32(24-30)41-27-33(28-12-5-3-6-13-28)26-40(45-41)29-14-7-4-8-15-29/h3-27,35,39,42-43,46H,1-2H3. The summed E-state index contributed by atoms with van der Waals surface area (Å²) in [4.78, 5) is 5.20. The minimum atomic E-state index is 0.00302. The molecule has 1 saturated heterocycles. The molecule has 46 heavy (non-hydrogen) atoms. The van der Waals surface area contributed by atoms with Crippen molar-refractivity contribution in [3.05, 3.63) is 168 Å². The molecule has 9 rings (SSSR count). The second-order valence-electron chi connectivity index (χ2n) is 13.7. The zero-order chi connectivity index (χ0) is 30.8. The third-order valence-electron chi connectivity index (χ3n) is 10.7. The normalized spacial score (nSPS) is 23.2. The van der Waals surface area contributed by atoms with Crippen LogP contribution in [0.25, 0.3) is 50.3 Å². The summed E-state index contributed by atoms with van der Waals surface area (Å²) in [6.45, 7) is 4.89. The van der Waals surface area contributed by atoms with Gasteiger partial charge < -0.3 is 5.32 Å². The molecule has 0 radical (unpaired) electrons. The Bertz CT molecular complexity index is 2050. The highest BCUT2D eigenvalue weighted by molar-refractivity contribution is 5.85. The molecule has 222 valence electrons. The van der Waals surface area contributed by atoms with E-state index in [1.54, 1.807) is 0 Å². The molecular weight excluding hydrogens is 556 g/mol. The van der Waals surface area contributed by atoms with E-state index in [-0.39, 0.29) is 5.41 Å². The average Bonchev–Trinajstić information content (AvgIpc) is 3.60. The Kier molecular flexibility index (Phi) is 6.23. The molecule has 1 fully saturated rings. The van der Waals surface area contributed by atoms with Crippen molar-refractivity contribution in [1.29, 1.82) is 0 Å². The number of rotatable bonds is 4. The van der Waals surface area contributed by atoms with Crippen LogP contribution in [0.4, 0.5) is 0 Å². The van der Waals surface area contributed by atoms with Gasteiger partial charge in [-0.15, -0.1) is 0 Å². The highest BCUT2D eigenvalue weighted by Gasteiger charge is 2.52. The molecule has 0 spiro atoms. The van der Waals surface area contributed by atoms with Crippen LogP contribution in [0.3, 0.4) is 0 Å². The number of allylic oxidation sites excluding steroid dienone is 4. The Balaban J connectivity index is 1.10. The van der Waals surface area contributed by atoms with Gasteiger partial charge in [-0.2, -0.15) is 0 Å². The lowest BCUT2D eigenvalue weighted by molar-refractivity contribution is 0.349. The van der Waals surface area contributed by atoms with Crippen LogP contribution in [0.5, 0.6) is 0 Å². The number of hydrogen-bond donors (Lipinski definition) is 1. The van der Waals surface area contributed by atoms with Gasteiger partial charge in [0, 0.05) is 35.0 Å². The molecule has 4 unspecified atom stereocenters. The molecule has 0 saturated carbocycles. The largest absolute Gasteiger partial charge is 0.302 e. The maximum atomic E-state index is 5.20. The van der Waals surface area contributed by atoms with Crippen LogP contribution in [-0.4, -0.2) is 17.1 Å². The van der Waals surface area contributed by atoms with Crippen molar-refractivity contribution in [2.24, 2.45) is 11.8 Å². The van der Waals surface area contributed by atoms with Crippen molar-refractivity contribution >= 4 is 5.57 Å². The summed E-state index contributed by atoms with van der Waals surface area (Å²) in [5, 5.41) is 4.01. The number of nitrogens with one attached hydrogen (secondary N) is 1. The molecule has 1 aliphatic heterocycles. The topological polar surface area (TPSA) is 24.9 Å². The summed E-state index contributed by atoms with van der Waals surface area (Å²) >= 11 is 0. The summed E-state index contributed by atoms with van der Waals surface area (Å²) in [6.07, 6.45) is 13.9. The quantitative estimate of drug-likeness (QED) is 0.225.